The van der Waals surface area contributed by atoms with Crippen LogP contribution in [0, 0.1) is 11.8 Å². The van der Waals surface area contributed by atoms with E-state index in [0.717, 1.165) is 4.47 Å². The molecule has 0 N–H and O–H groups in total. The maximum Gasteiger partial charge on any atom is 0.239 e. The van der Waals surface area contributed by atoms with Gasteiger partial charge in [0.15, 0.2) is 0 Å². The predicted octanol–water partition coefficient (Wildman–Crippen LogP) is 5.33. The fourth-order valence-corrected chi connectivity index (χ4v) is 2.59. The minimum Gasteiger partial charge on any atom is -0.211 e. The van der Waals surface area contributed by atoms with Crippen LogP contribution in [0.25, 0.3) is 0 Å². The summed E-state index contributed by atoms with van der Waals surface area (Å²) in [5.74, 6) is 1.02. The molecule has 0 saturated heterocycles. The summed E-state index contributed by atoms with van der Waals surface area (Å²) >= 11 is 9.53. The van der Waals surface area contributed by atoms with Crippen molar-refractivity contribution in [1.82, 2.24) is 0 Å². The van der Waals surface area contributed by atoms with Crippen LogP contribution in [0.4, 0.5) is 0 Å². The van der Waals surface area contributed by atoms with E-state index in [0.29, 0.717) is 16.9 Å². The molecule has 102 valence electrons. The van der Waals surface area contributed by atoms with E-state index in [1.54, 1.807) is 0 Å². The lowest BCUT2D eigenvalue weighted by atomic mass is 9.80. The number of benzene rings is 1. The van der Waals surface area contributed by atoms with Crippen molar-refractivity contribution in [2.75, 3.05) is 0 Å². The fraction of sp³-hybridized carbons (Fsp3) is 0.400. The van der Waals surface area contributed by atoms with E-state index < -0.39 is 0 Å². The summed E-state index contributed by atoms with van der Waals surface area (Å²) < 4.78 is 0.896. The Morgan fingerprint density at radius 1 is 1.37 bits per heavy atom. The molecule has 0 amide bonds. The molecule has 4 heteroatoms. The number of aliphatic imine (C=N–C) groups is 1. The highest BCUT2D eigenvalue weighted by Crippen LogP contribution is 2.34. The van der Waals surface area contributed by atoms with Gasteiger partial charge in [-0.05, 0) is 51.4 Å². The van der Waals surface area contributed by atoms with Crippen molar-refractivity contribution in [2.24, 2.45) is 16.8 Å². The third kappa shape index (κ3) is 4.61. The standard InChI is InChI=1S/C15H17BrClNO/c1-10(2)13(6-7-18-9-19)11(3)12-4-5-14(16)15(17)8-12/h4-8,10-11,13H,1-3H3/t11?,13-/m1/s1. The number of carbonyl (C=O) groups excluding carboxylic acids is 1. The topological polar surface area (TPSA) is 29.4 Å². The maximum atomic E-state index is 10.1. The molecule has 1 unspecified atom stereocenters. The smallest absolute Gasteiger partial charge is 0.211 e. The molecule has 0 heterocycles. The summed E-state index contributed by atoms with van der Waals surface area (Å²) in [6.07, 6.45) is 5.00. The second kappa shape index (κ2) is 7.64. The van der Waals surface area contributed by atoms with E-state index in [4.69, 9.17) is 11.6 Å². The van der Waals surface area contributed by atoms with Gasteiger partial charge < -0.3 is 0 Å². The van der Waals surface area contributed by atoms with Crippen LogP contribution in [0.3, 0.4) is 0 Å². The van der Waals surface area contributed by atoms with Crippen molar-refractivity contribution >= 4 is 33.6 Å². The molecule has 1 aromatic rings. The molecule has 19 heavy (non-hydrogen) atoms. The summed E-state index contributed by atoms with van der Waals surface area (Å²) in [5.41, 5.74) is 1.17. The monoisotopic (exact) mass is 341 g/mol. The van der Waals surface area contributed by atoms with Crippen LogP contribution in [0.2, 0.25) is 5.02 Å². The van der Waals surface area contributed by atoms with Gasteiger partial charge in [0, 0.05) is 10.7 Å². The van der Waals surface area contributed by atoms with Gasteiger partial charge in [-0.2, -0.15) is 4.99 Å². The van der Waals surface area contributed by atoms with Crippen LogP contribution >= 0.6 is 27.5 Å². The Bertz CT molecular complexity index is 507. The molecule has 0 radical (unpaired) electrons. The van der Waals surface area contributed by atoms with Crippen molar-refractivity contribution in [3.05, 3.63) is 45.5 Å². The molecule has 0 aliphatic carbocycles. The van der Waals surface area contributed by atoms with E-state index in [9.17, 15) is 4.79 Å². The normalized spacial score (nSPS) is 14.4. The number of hydrogen-bond acceptors (Lipinski definition) is 2. The van der Waals surface area contributed by atoms with Gasteiger partial charge in [0.2, 0.25) is 6.08 Å². The Labute approximate surface area is 127 Å². The van der Waals surface area contributed by atoms with Crippen LogP contribution < -0.4 is 0 Å². The average molecular weight is 343 g/mol. The van der Waals surface area contributed by atoms with Gasteiger partial charge in [0.25, 0.3) is 0 Å². The van der Waals surface area contributed by atoms with Crippen molar-refractivity contribution in [1.29, 1.82) is 0 Å². The van der Waals surface area contributed by atoms with E-state index in [-0.39, 0.29) is 5.92 Å². The Morgan fingerprint density at radius 2 is 2.05 bits per heavy atom. The van der Waals surface area contributed by atoms with Gasteiger partial charge in [-0.1, -0.05) is 44.5 Å². The number of isocyanates is 1. The molecule has 2 nitrogen and oxygen atoms in total. The van der Waals surface area contributed by atoms with Crippen LogP contribution in [-0.4, -0.2) is 6.08 Å². The second-order valence-corrected chi connectivity index (χ2v) is 6.11. The highest BCUT2D eigenvalue weighted by molar-refractivity contribution is 9.10. The van der Waals surface area contributed by atoms with Crippen molar-refractivity contribution in [2.45, 2.75) is 26.7 Å². The van der Waals surface area contributed by atoms with Crippen LogP contribution in [0.1, 0.15) is 32.3 Å². The van der Waals surface area contributed by atoms with Gasteiger partial charge in [-0.3, -0.25) is 0 Å². The molecule has 2 atom stereocenters. The van der Waals surface area contributed by atoms with E-state index >= 15 is 0 Å². The van der Waals surface area contributed by atoms with Crippen LogP contribution in [-0.2, 0) is 4.79 Å². The Balaban J connectivity index is 3.01. The van der Waals surface area contributed by atoms with Crippen LogP contribution in [0.15, 0.2) is 39.9 Å². The summed E-state index contributed by atoms with van der Waals surface area (Å²) in [6.45, 7) is 6.45. The molecule has 0 aromatic heterocycles. The molecule has 0 bridgehead atoms. The molecule has 0 fully saturated rings. The predicted molar refractivity (Wildman–Crippen MR) is 83.2 cm³/mol. The average Bonchev–Trinajstić information content (AvgIpc) is 2.37. The van der Waals surface area contributed by atoms with Crippen molar-refractivity contribution in [3.63, 3.8) is 0 Å². The zero-order valence-electron chi connectivity index (χ0n) is 11.2. The van der Waals surface area contributed by atoms with Gasteiger partial charge in [0.1, 0.15) is 0 Å². The van der Waals surface area contributed by atoms with Gasteiger partial charge in [0.05, 0.1) is 5.02 Å². The maximum absolute atomic E-state index is 10.1. The van der Waals surface area contributed by atoms with Crippen LogP contribution in [0.5, 0.6) is 0 Å². The molecule has 1 aromatic carbocycles. The fourth-order valence-electron chi connectivity index (χ4n) is 2.16. The SMILES string of the molecule is CC(C)[C@@H](C=CN=C=O)C(C)c1ccc(Br)c(Cl)c1. The number of hydrogen-bond donors (Lipinski definition) is 0. The summed E-state index contributed by atoms with van der Waals surface area (Å²) in [4.78, 5) is 13.6. The van der Waals surface area contributed by atoms with Gasteiger partial charge in [-0.25, -0.2) is 4.79 Å². The van der Waals surface area contributed by atoms with E-state index in [1.165, 1.54) is 17.8 Å². The highest BCUT2D eigenvalue weighted by atomic mass is 79.9. The third-order valence-corrected chi connectivity index (χ3v) is 4.48. The minimum atomic E-state index is 0.286. The first-order valence-corrected chi connectivity index (χ1v) is 7.33. The molecule has 0 aliphatic heterocycles. The third-order valence-electron chi connectivity index (χ3n) is 3.25. The highest BCUT2D eigenvalue weighted by Gasteiger charge is 2.20. The molecule has 0 saturated carbocycles. The number of halogens is 2. The van der Waals surface area contributed by atoms with Crippen molar-refractivity contribution < 1.29 is 4.79 Å². The Morgan fingerprint density at radius 3 is 2.58 bits per heavy atom. The zero-order chi connectivity index (χ0) is 14.4. The second-order valence-electron chi connectivity index (χ2n) is 4.85. The Kier molecular flexibility index (Phi) is 6.50. The Hall–Kier alpha value is -0.890. The number of allylic oxidation sites excluding steroid dienone is 1. The number of rotatable bonds is 5. The summed E-state index contributed by atoms with van der Waals surface area (Å²) in [6, 6.07) is 5.99. The molecular formula is C15H17BrClNO. The van der Waals surface area contributed by atoms with E-state index in [1.807, 2.05) is 18.2 Å². The molecule has 0 aliphatic rings. The lowest BCUT2D eigenvalue weighted by molar-refractivity contribution is 0.405. The lowest BCUT2D eigenvalue weighted by Crippen LogP contribution is -2.14. The minimum absolute atomic E-state index is 0.286. The van der Waals surface area contributed by atoms with E-state index in [2.05, 4.69) is 47.8 Å². The zero-order valence-corrected chi connectivity index (χ0v) is 13.6. The first-order valence-electron chi connectivity index (χ1n) is 6.16. The van der Waals surface area contributed by atoms with Crippen molar-refractivity contribution in [3.8, 4) is 0 Å². The first kappa shape index (κ1) is 16.2. The quantitative estimate of drug-likeness (QED) is 0.525. The van der Waals surface area contributed by atoms with Gasteiger partial charge in [-0.15, -0.1) is 0 Å². The summed E-state index contributed by atoms with van der Waals surface area (Å²) in [7, 11) is 0. The number of nitrogens with zero attached hydrogens (tertiary/aromatic N) is 1. The molecule has 0 spiro atoms. The largest absolute Gasteiger partial charge is 0.239 e. The summed E-state index contributed by atoms with van der Waals surface area (Å²) in [5, 5.41) is 0.710. The van der Waals surface area contributed by atoms with Gasteiger partial charge >= 0.3 is 0 Å². The molecular weight excluding hydrogens is 326 g/mol. The molecule has 1 rings (SSSR count). The lowest BCUT2D eigenvalue weighted by Gasteiger charge is -2.25. The first-order chi connectivity index (χ1) is 8.97.